The third kappa shape index (κ3) is 3.17. The van der Waals surface area contributed by atoms with Gasteiger partial charge in [-0.3, -0.25) is 15.5 Å². The van der Waals surface area contributed by atoms with Gasteiger partial charge in [-0.2, -0.15) is 0 Å². The van der Waals surface area contributed by atoms with Gasteiger partial charge in [0.25, 0.3) is 5.69 Å². The number of non-ortho nitro benzene ring substituents is 1. The quantitative estimate of drug-likeness (QED) is 0.389. The number of rotatable bonds is 4. The Balaban J connectivity index is 2.40. The van der Waals surface area contributed by atoms with Crippen molar-refractivity contribution in [3.8, 4) is 11.5 Å². The van der Waals surface area contributed by atoms with Gasteiger partial charge in [-0.15, -0.1) is 0 Å². The summed E-state index contributed by atoms with van der Waals surface area (Å²) >= 11 is 0. The molecule has 0 radical (unpaired) electrons. The van der Waals surface area contributed by atoms with Crippen LogP contribution in [0.1, 0.15) is 16.7 Å². The minimum atomic E-state index is -0.454. The lowest BCUT2D eigenvalue weighted by Gasteiger charge is -2.12. The molecule has 0 bridgehead atoms. The number of nitro groups is 1. The third-order valence-electron chi connectivity index (χ3n) is 3.02. The number of nitrogens with two attached hydrogens (primary N) is 1. The predicted octanol–water partition coefficient (Wildman–Crippen LogP) is 3.29. The Morgan fingerprint density at radius 2 is 1.90 bits per heavy atom. The number of nitrogens with zero attached hydrogens (tertiary/aromatic N) is 1. The van der Waals surface area contributed by atoms with Crippen molar-refractivity contribution in [1.29, 1.82) is 5.41 Å². The summed E-state index contributed by atoms with van der Waals surface area (Å²) in [5.74, 6) is 0.859. The topological polar surface area (TPSA) is 102 Å². The van der Waals surface area contributed by atoms with Crippen LogP contribution < -0.4 is 10.5 Å². The van der Waals surface area contributed by atoms with Crippen LogP contribution in [-0.2, 0) is 0 Å². The Kier molecular flexibility index (Phi) is 3.89. The van der Waals surface area contributed by atoms with Crippen LogP contribution in [0.15, 0.2) is 36.4 Å². The highest BCUT2D eigenvalue weighted by Crippen LogP contribution is 2.30. The van der Waals surface area contributed by atoms with E-state index in [9.17, 15) is 10.1 Å². The zero-order valence-corrected chi connectivity index (χ0v) is 11.7. The number of hydrogen-bond donors (Lipinski definition) is 2. The minimum absolute atomic E-state index is 0.0101. The predicted molar refractivity (Wildman–Crippen MR) is 80.1 cm³/mol. The number of nitrogens with one attached hydrogen (secondary N) is 1. The van der Waals surface area contributed by atoms with Crippen molar-refractivity contribution >= 4 is 11.5 Å². The molecular formula is C15H15N3O3. The molecule has 0 fully saturated rings. The molecule has 2 aromatic carbocycles. The van der Waals surface area contributed by atoms with Crippen LogP contribution in [0.4, 0.5) is 5.69 Å². The maximum Gasteiger partial charge on any atom is 0.269 e. The number of nitro benzene ring substituents is 1. The minimum Gasteiger partial charge on any atom is -0.456 e. The maximum absolute atomic E-state index is 10.7. The molecule has 3 N–H and O–H groups in total. The second-order valence-electron chi connectivity index (χ2n) is 4.72. The van der Waals surface area contributed by atoms with Gasteiger partial charge in [0, 0.05) is 12.1 Å². The zero-order chi connectivity index (χ0) is 15.6. The largest absolute Gasteiger partial charge is 0.456 e. The number of benzene rings is 2. The van der Waals surface area contributed by atoms with Crippen molar-refractivity contribution in [3.63, 3.8) is 0 Å². The summed E-state index contributed by atoms with van der Waals surface area (Å²) in [6.07, 6.45) is 0. The van der Waals surface area contributed by atoms with E-state index in [-0.39, 0.29) is 11.5 Å². The number of aryl methyl sites for hydroxylation is 2. The first-order valence-electron chi connectivity index (χ1n) is 6.26. The Morgan fingerprint density at radius 1 is 1.19 bits per heavy atom. The zero-order valence-electron chi connectivity index (χ0n) is 11.7. The molecule has 0 atom stereocenters. The average Bonchev–Trinajstić information content (AvgIpc) is 2.40. The highest BCUT2D eigenvalue weighted by atomic mass is 16.6. The van der Waals surface area contributed by atoms with Gasteiger partial charge in [0.05, 0.1) is 10.5 Å². The molecule has 2 aromatic rings. The van der Waals surface area contributed by atoms with E-state index in [0.29, 0.717) is 22.6 Å². The van der Waals surface area contributed by atoms with Gasteiger partial charge in [0.1, 0.15) is 17.3 Å². The molecule has 0 aliphatic carbocycles. The highest BCUT2D eigenvalue weighted by molar-refractivity contribution is 5.97. The highest BCUT2D eigenvalue weighted by Gasteiger charge is 2.12. The van der Waals surface area contributed by atoms with Crippen molar-refractivity contribution in [3.05, 3.63) is 63.2 Å². The van der Waals surface area contributed by atoms with Crippen LogP contribution in [-0.4, -0.2) is 10.8 Å². The van der Waals surface area contributed by atoms with Gasteiger partial charge in [0.2, 0.25) is 0 Å². The van der Waals surface area contributed by atoms with Gasteiger partial charge in [-0.05, 0) is 43.2 Å². The Bertz CT molecular complexity index is 726. The van der Waals surface area contributed by atoms with E-state index in [4.69, 9.17) is 15.9 Å². The van der Waals surface area contributed by atoms with Crippen LogP contribution in [0.2, 0.25) is 0 Å². The summed E-state index contributed by atoms with van der Waals surface area (Å²) in [6, 6.07) is 9.70. The van der Waals surface area contributed by atoms with Gasteiger partial charge in [-0.25, -0.2) is 0 Å². The molecule has 6 nitrogen and oxygen atoms in total. The smallest absolute Gasteiger partial charge is 0.269 e. The molecule has 0 amide bonds. The number of amidine groups is 1. The van der Waals surface area contributed by atoms with Crippen LogP contribution in [0.25, 0.3) is 0 Å². The van der Waals surface area contributed by atoms with Gasteiger partial charge >= 0.3 is 0 Å². The second kappa shape index (κ2) is 5.62. The van der Waals surface area contributed by atoms with E-state index >= 15 is 0 Å². The molecule has 0 heterocycles. The molecule has 6 heteroatoms. The fourth-order valence-electron chi connectivity index (χ4n) is 1.92. The molecular weight excluding hydrogens is 270 g/mol. The van der Waals surface area contributed by atoms with Crippen molar-refractivity contribution in [1.82, 2.24) is 0 Å². The molecule has 0 saturated carbocycles. The third-order valence-corrected chi connectivity index (χ3v) is 3.02. The monoisotopic (exact) mass is 285 g/mol. The van der Waals surface area contributed by atoms with Gasteiger partial charge < -0.3 is 10.5 Å². The van der Waals surface area contributed by atoms with Crippen molar-refractivity contribution in [2.75, 3.05) is 0 Å². The van der Waals surface area contributed by atoms with Crippen LogP contribution in [0.3, 0.4) is 0 Å². The van der Waals surface area contributed by atoms with Gasteiger partial charge in [-0.1, -0.05) is 6.07 Å². The molecule has 0 aromatic heterocycles. The normalized spacial score (nSPS) is 10.2. The van der Waals surface area contributed by atoms with Crippen LogP contribution in [0, 0.1) is 29.4 Å². The first-order valence-corrected chi connectivity index (χ1v) is 6.26. The Morgan fingerprint density at radius 3 is 2.48 bits per heavy atom. The SMILES string of the molecule is Cc1ccc(C(=N)N)c(Oc2ccc([N+](=O)[O-])cc2C)c1. The van der Waals surface area contributed by atoms with Crippen molar-refractivity contribution in [2.45, 2.75) is 13.8 Å². The fourth-order valence-corrected chi connectivity index (χ4v) is 1.92. The van der Waals surface area contributed by atoms with E-state index < -0.39 is 4.92 Å². The second-order valence-corrected chi connectivity index (χ2v) is 4.72. The molecule has 21 heavy (non-hydrogen) atoms. The van der Waals surface area contributed by atoms with E-state index in [0.717, 1.165) is 5.56 Å². The molecule has 0 spiro atoms. The van der Waals surface area contributed by atoms with Crippen molar-refractivity contribution < 1.29 is 9.66 Å². The standard InChI is InChI=1S/C15H15N3O3/c1-9-3-5-12(15(16)17)14(7-9)21-13-6-4-11(18(19)20)8-10(13)2/h3-8H,1-2H3,(H3,16,17). The lowest BCUT2D eigenvalue weighted by molar-refractivity contribution is -0.384. The molecule has 0 saturated heterocycles. The van der Waals surface area contributed by atoms with E-state index in [1.54, 1.807) is 25.1 Å². The number of hydrogen-bond acceptors (Lipinski definition) is 4. The van der Waals surface area contributed by atoms with E-state index in [1.807, 2.05) is 13.0 Å². The van der Waals surface area contributed by atoms with Crippen LogP contribution in [0.5, 0.6) is 11.5 Å². The first-order chi connectivity index (χ1) is 9.88. The molecule has 0 unspecified atom stereocenters. The van der Waals surface area contributed by atoms with E-state index in [1.165, 1.54) is 12.1 Å². The van der Waals surface area contributed by atoms with Gasteiger partial charge in [0.15, 0.2) is 0 Å². The first kappa shape index (κ1) is 14.5. The molecule has 2 rings (SSSR count). The summed E-state index contributed by atoms with van der Waals surface area (Å²) < 4.78 is 5.77. The summed E-state index contributed by atoms with van der Waals surface area (Å²) in [5.41, 5.74) is 7.64. The average molecular weight is 285 g/mol. The summed E-state index contributed by atoms with van der Waals surface area (Å²) in [5, 5.41) is 18.3. The lowest BCUT2D eigenvalue weighted by atomic mass is 10.1. The summed E-state index contributed by atoms with van der Waals surface area (Å²) in [7, 11) is 0. The molecule has 108 valence electrons. The summed E-state index contributed by atoms with van der Waals surface area (Å²) in [4.78, 5) is 10.3. The Labute approximate surface area is 121 Å². The van der Waals surface area contributed by atoms with E-state index in [2.05, 4.69) is 0 Å². The fraction of sp³-hybridized carbons (Fsp3) is 0.133. The number of ether oxygens (including phenoxy) is 1. The summed E-state index contributed by atoms with van der Waals surface area (Å²) in [6.45, 7) is 3.63. The van der Waals surface area contributed by atoms with Crippen molar-refractivity contribution in [2.24, 2.45) is 5.73 Å². The molecule has 0 aliphatic rings. The Hall–Kier alpha value is -2.89. The number of nitrogen functional groups attached to an aromatic ring is 1. The molecule has 0 aliphatic heterocycles. The van der Waals surface area contributed by atoms with Crippen LogP contribution >= 0.6 is 0 Å². The maximum atomic E-state index is 10.7. The lowest BCUT2D eigenvalue weighted by Crippen LogP contribution is -2.12.